The monoisotopic (exact) mass is 480 g/mol. The summed E-state index contributed by atoms with van der Waals surface area (Å²) >= 11 is 1.26. The summed E-state index contributed by atoms with van der Waals surface area (Å²) in [6.07, 6.45) is 4.75. The standard InChI is InChI=1S/C23H18F2N6O2S/c24-23(25)13-31(14-23)21-17(8-26)20(19-4-3-16(11-29-19)33-7-6-32)18(9-27)22(30-21)34-12-15-2-1-5-28-10-15/h1-5,10-11,32H,6-7,12-14H2. The van der Waals surface area contributed by atoms with Crippen LogP contribution < -0.4 is 9.64 Å². The van der Waals surface area contributed by atoms with E-state index >= 15 is 0 Å². The Morgan fingerprint density at radius 2 is 1.94 bits per heavy atom. The molecule has 1 aliphatic heterocycles. The van der Waals surface area contributed by atoms with Gasteiger partial charge in [-0.1, -0.05) is 6.07 Å². The van der Waals surface area contributed by atoms with Crippen LogP contribution in [0.15, 0.2) is 47.9 Å². The van der Waals surface area contributed by atoms with Crippen LogP contribution in [0.3, 0.4) is 0 Å². The maximum atomic E-state index is 13.6. The minimum Gasteiger partial charge on any atom is -0.490 e. The number of hydrogen-bond acceptors (Lipinski definition) is 9. The van der Waals surface area contributed by atoms with Crippen LogP contribution in [-0.4, -0.2) is 52.3 Å². The molecule has 3 aromatic rings. The minimum absolute atomic E-state index is 0.00862. The molecule has 0 aliphatic carbocycles. The van der Waals surface area contributed by atoms with E-state index in [1.54, 1.807) is 30.6 Å². The van der Waals surface area contributed by atoms with Crippen molar-refractivity contribution in [2.45, 2.75) is 16.7 Å². The molecule has 1 N–H and O–H groups in total. The summed E-state index contributed by atoms with van der Waals surface area (Å²) in [6.45, 7) is -1.20. The number of aromatic nitrogens is 3. The van der Waals surface area contributed by atoms with Gasteiger partial charge >= 0.3 is 0 Å². The van der Waals surface area contributed by atoms with E-state index in [4.69, 9.17) is 9.84 Å². The second-order valence-corrected chi connectivity index (χ2v) is 8.37. The summed E-state index contributed by atoms with van der Waals surface area (Å²) in [5, 5.41) is 29.2. The summed E-state index contributed by atoms with van der Waals surface area (Å²) in [5.41, 5.74) is 1.58. The summed E-state index contributed by atoms with van der Waals surface area (Å²) in [6, 6.07) is 11.0. The van der Waals surface area contributed by atoms with Crippen LogP contribution in [0, 0.1) is 22.7 Å². The van der Waals surface area contributed by atoms with Gasteiger partial charge in [0, 0.05) is 23.7 Å². The van der Waals surface area contributed by atoms with Crippen molar-refractivity contribution in [3.05, 3.63) is 59.5 Å². The molecule has 0 amide bonds. The fraction of sp³-hybridized carbons (Fsp3) is 0.261. The van der Waals surface area contributed by atoms with E-state index in [1.807, 2.05) is 12.1 Å². The summed E-state index contributed by atoms with van der Waals surface area (Å²) in [5.74, 6) is -1.93. The van der Waals surface area contributed by atoms with Crippen molar-refractivity contribution in [2.75, 3.05) is 31.2 Å². The molecule has 0 atom stereocenters. The van der Waals surface area contributed by atoms with Crippen LogP contribution >= 0.6 is 11.8 Å². The zero-order valence-electron chi connectivity index (χ0n) is 17.8. The molecule has 34 heavy (non-hydrogen) atoms. The van der Waals surface area contributed by atoms with Gasteiger partial charge in [0.2, 0.25) is 0 Å². The predicted molar refractivity (Wildman–Crippen MR) is 120 cm³/mol. The van der Waals surface area contributed by atoms with Gasteiger partial charge in [0.05, 0.1) is 37.2 Å². The van der Waals surface area contributed by atoms with Crippen molar-refractivity contribution in [2.24, 2.45) is 0 Å². The number of aliphatic hydroxyl groups is 1. The Hall–Kier alpha value is -3.80. The highest BCUT2D eigenvalue weighted by atomic mass is 32.2. The van der Waals surface area contributed by atoms with Crippen LogP contribution in [0.2, 0.25) is 0 Å². The Bertz CT molecular complexity index is 1250. The maximum absolute atomic E-state index is 13.6. The van der Waals surface area contributed by atoms with Gasteiger partial charge in [0.25, 0.3) is 5.92 Å². The fourth-order valence-electron chi connectivity index (χ4n) is 3.42. The average Bonchev–Trinajstić information content (AvgIpc) is 2.84. The molecular weight excluding hydrogens is 462 g/mol. The Balaban J connectivity index is 1.80. The highest BCUT2D eigenvalue weighted by Gasteiger charge is 2.46. The van der Waals surface area contributed by atoms with E-state index in [-0.39, 0.29) is 35.7 Å². The number of halogens is 2. The normalized spacial score (nSPS) is 14.1. The molecule has 0 saturated carbocycles. The summed E-state index contributed by atoms with van der Waals surface area (Å²) < 4.78 is 32.6. The first-order valence-electron chi connectivity index (χ1n) is 10.2. The lowest BCUT2D eigenvalue weighted by Crippen LogP contribution is -2.57. The number of hydrogen-bond donors (Lipinski definition) is 1. The quantitative estimate of drug-likeness (QED) is 0.484. The number of rotatable bonds is 8. The third-order valence-electron chi connectivity index (χ3n) is 4.96. The largest absolute Gasteiger partial charge is 0.490 e. The molecule has 4 heterocycles. The molecule has 11 heteroatoms. The Morgan fingerprint density at radius 3 is 2.53 bits per heavy atom. The second-order valence-electron chi connectivity index (χ2n) is 7.40. The second kappa shape index (κ2) is 10.00. The number of thioether (sulfide) groups is 1. The van der Waals surface area contributed by atoms with Crippen LogP contribution in [0.4, 0.5) is 14.6 Å². The van der Waals surface area contributed by atoms with E-state index in [0.29, 0.717) is 22.2 Å². The number of ether oxygens (including phenoxy) is 1. The number of aliphatic hydroxyl groups excluding tert-OH is 1. The van der Waals surface area contributed by atoms with Crippen molar-refractivity contribution in [1.29, 1.82) is 10.5 Å². The van der Waals surface area contributed by atoms with E-state index in [9.17, 15) is 19.3 Å². The zero-order chi connectivity index (χ0) is 24.1. The van der Waals surface area contributed by atoms with Gasteiger partial charge in [0.1, 0.15) is 40.9 Å². The molecular formula is C23H18F2N6O2S. The number of pyridine rings is 3. The maximum Gasteiger partial charge on any atom is 0.282 e. The lowest BCUT2D eigenvalue weighted by atomic mass is 9.99. The van der Waals surface area contributed by atoms with Gasteiger partial charge in [-0.25, -0.2) is 13.8 Å². The molecule has 0 radical (unpaired) electrons. The first kappa shape index (κ1) is 23.4. The van der Waals surface area contributed by atoms with Crippen molar-refractivity contribution >= 4 is 17.6 Å². The lowest BCUT2D eigenvalue weighted by Gasteiger charge is -2.40. The predicted octanol–water partition coefficient (Wildman–Crippen LogP) is 3.40. The number of nitriles is 2. The number of anilines is 1. The van der Waals surface area contributed by atoms with Crippen LogP contribution in [-0.2, 0) is 5.75 Å². The molecule has 1 aliphatic rings. The first-order valence-corrected chi connectivity index (χ1v) is 11.2. The molecule has 1 fully saturated rings. The van der Waals surface area contributed by atoms with Crippen LogP contribution in [0.1, 0.15) is 16.7 Å². The summed E-state index contributed by atoms with van der Waals surface area (Å²) in [7, 11) is 0. The Kier molecular flexibility index (Phi) is 6.87. The smallest absolute Gasteiger partial charge is 0.282 e. The third-order valence-corrected chi connectivity index (χ3v) is 6.01. The molecule has 0 spiro atoms. The minimum atomic E-state index is -2.87. The highest BCUT2D eigenvalue weighted by molar-refractivity contribution is 7.98. The zero-order valence-corrected chi connectivity index (χ0v) is 18.6. The summed E-state index contributed by atoms with van der Waals surface area (Å²) in [4.78, 5) is 14.2. The van der Waals surface area contributed by atoms with Gasteiger partial charge in [-0.2, -0.15) is 10.5 Å². The Labute approximate surface area is 198 Å². The topological polar surface area (TPSA) is 119 Å². The molecule has 4 rings (SSSR count). The van der Waals surface area contributed by atoms with Gasteiger partial charge in [-0.05, 0) is 23.8 Å². The first-order chi connectivity index (χ1) is 16.5. The molecule has 0 bridgehead atoms. The number of nitrogens with zero attached hydrogens (tertiary/aromatic N) is 6. The third kappa shape index (κ3) is 4.91. The molecule has 0 unspecified atom stereocenters. The highest BCUT2D eigenvalue weighted by Crippen LogP contribution is 2.41. The Morgan fingerprint density at radius 1 is 1.15 bits per heavy atom. The van der Waals surface area contributed by atoms with Crippen molar-refractivity contribution in [3.8, 4) is 29.1 Å². The van der Waals surface area contributed by atoms with Gasteiger partial charge in [0.15, 0.2) is 0 Å². The van der Waals surface area contributed by atoms with Crippen LogP contribution in [0.25, 0.3) is 11.3 Å². The van der Waals surface area contributed by atoms with E-state index in [0.717, 1.165) is 5.56 Å². The van der Waals surface area contributed by atoms with Gasteiger partial charge < -0.3 is 14.7 Å². The van der Waals surface area contributed by atoms with E-state index < -0.39 is 19.0 Å². The van der Waals surface area contributed by atoms with Gasteiger partial charge in [-0.15, -0.1) is 11.8 Å². The van der Waals surface area contributed by atoms with Crippen molar-refractivity contribution in [1.82, 2.24) is 15.0 Å². The molecule has 1 saturated heterocycles. The van der Waals surface area contributed by atoms with E-state index in [2.05, 4.69) is 21.0 Å². The van der Waals surface area contributed by atoms with Crippen LogP contribution in [0.5, 0.6) is 5.75 Å². The number of alkyl halides is 2. The van der Waals surface area contributed by atoms with Gasteiger partial charge in [-0.3, -0.25) is 9.97 Å². The molecule has 172 valence electrons. The van der Waals surface area contributed by atoms with Crippen molar-refractivity contribution in [3.63, 3.8) is 0 Å². The fourth-order valence-corrected chi connectivity index (χ4v) is 4.34. The molecule has 0 aromatic carbocycles. The van der Waals surface area contributed by atoms with Crippen molar-refractivity contribution < 1.29 is 18.6 Å². The SMILES string of the molecule is N#Cc1c(SCc2cccnc2)nc(N2CC(F)(F)C2)c(C#N)c1-c1ccc(OCCO)cn1. The molecule has 3 aromatic heterocycles. The average molecular weight is 481 g/mol. The van der Waals surface area contributed by atoms with E-state index in [1.165, 1.54) is 22.9 Å². The molecule has 8 nitrogen and oxygen atoms in total. The lowest BCUT2D eigenvalue weighted by molar-refractivity contribution is -0.0267.